The van der Waals surface area contributed by atoms with Crippen LogP contribution in [0.3, 0.4) is 0 Å². The lowest BCUT2D eigenvalue weighted by atomic mass is 10.0. The van der Waals surface area contributed by atoms with Crippen LogP contribution in [0.5, 0.6) is 0 Å². The van der Waals surface area contributed by atoms with Gasteiger partial charge in [-0.15, -0.1) is 11.6 Å². The fourth-order valence-corrected chi connectivity index (χ4v) is 2.64. The number of hydrogen-bond acceptors (Lipinski definition) is 0. The van der Waals surface area contributed by atoms with Crippen molar-refractivity contribution in [3.05, 3.63) is 35.1 Å². The van der Waals surface area contributed by atoms with E-state index in [0.717, 1.165) is 19.3 Å². The molecule has 0 fully saturated rings. The summed E-state index contributed by atoms with van der Waals surface area (Å²) in [5.41, 5.74) is -0.209. The summed E-state index contributed by atoms with van der Waals surface area (Å²) in [5.74, 6) is -2.71. The van der Waals surface area contributed by atoms with Crippen LogP contribution in [0, 0.1) is 17.5 Å². The first-order valence-electron chi connectivity index (χ1n) is 7.34. The Kier molecular flexibility index (Phi) is 8.05. The molecule has 0 saturated heterocycles. The summed E-state index contributed by atoms with van der Waals surface area (Å²) in [5, 5.41) is -0.730. The van der Waals surface area contributed by atoms with Gasteiger partial charge in [0.25, 0.3) is 0 Å². The highest BCUT2D eigenvalue weighted by atomic mass is 35.5. The highest BCUT2D eigenvalue weighted by Crippen LogP contribution is 2.31. The van der Waals surface area contributed by atoms with Crippen LogP contribution >= 0.6 is 11.6 Å². The van der Waals surface area contributed by atoms with Crippen molar-refractivity contribution >= 4 is 11.6 Å². The Labute approximate surface area is 124 Å². The van der Waals surface area contributed by atoms with Crippen molar-refractivity contribution in [1.82, 2.24) is 0 Å². The molecule has 1 aromatic rings. The van der Waals surface area contributed by atoms with Gasteiger partial charge < -0.3 is 0 Å². The van der Waals surface area contributed by atoms with Gasteiger partial charge in [-0.25, -0.2) is 13.2 Å². The molecule has 20 heavy (non-hydrogen) atoms. The van der Waals surface area contributed by atoms with Crippen LogP contribution in [-0.2, 0) is 0 Å². The second-order valence-corrected chi connectivity index (χ2v) is 5.69. The molecular weight excluding hydrogens is 285 g/mol. The molecule has 0 aliphatic carbocycles. The molecular formula is C16H22ClF3. The van der Waals surface area contributed by atoms with Crippen molar-refractivity contribution in [2.75, 3.05) is 0 Å². The number of alkyl halides is 1. The number of unbranched alkanes of at least 4 members (excludes halogenated alkanes) is 6. The van der Waals surface area contributed by atoms with E-state index in [1.165, 1.54) is 25.7 Å². The molecule has 0 amide bonds. The van der Waals surface area contributed by atoms with Gasteiger partial charge in [0.2, 0.25) is 0 Å². The largest absolute Gasteiger partial charge is 0.207 e. The van der Waals surface area contributed by atoms with E-state index < -0.39 is 22.8 Å². The topological polar surface area (TPSA) is 0 Å². The first-order chi connectivity index (χ1) is 9.56. The fourth-order valence-electron chi connectivity index (χ4n) is 2.28. The second-order valence-electron chi connectivity index (χ2n) is 5.16. The maximum Gasteiger partial charge on any atom is 0.133 e. The number of hydrogen-bond donors (Lipinski definition) is 0. The summed E-state index contributed by atoms with van der Waals surface area (Å²) in [7, 11) is 0. The standard InChI is InChI=1S/C16H22ClF3/c1-2-3-4-5-6-7-8-9-13(17)16-14(19)10-12(18)11-15(16)20/h10-11,13H,2-9H2,1H3. The van der Waals surface area contributed by atoms with E-state index in [1.54, 1.807) is 0 Å². The monoisotopic (exact) mass is 306 g/mol. The highest BCUT2D eigenvalue weighted by Gasteiger charge is 2.19. The van der Waals surface area contributed by atoms with E-state index in [-0.39, 0.29) is 5.56 Å². The van der Waals surface area contributed by atoms with E-state index in [2.05, 4.69) is 6.92 Å². The van der Waals surface area contributed by atoms with Gasteiger partial charge in [0.15, 0.2) is 0 Å². The molecule has 0 N–H and O–H groups in total. The summed E-state index contributed by atoms with van der Waals surface area (Å²) in [6.45, 7) is 2.17. The first kappa shape index (κ1) is 17.4. The molecule has 0 bridgehead atoms. The molecule has 0 heterocycles. The molecule has 0 saturated carbocycles. The maximum absolute atomic E-state index is 13.5. The van der Waals surface area contributed by atoms with Crippen molar-refractivity contribution in [1.29, 1.82) is 0 Å². The lowest BCUT2D eigenvalue weighted by Gasteiger charge is -2.12. The molecule has 0 aliphatic rings. The smallest absolute Gasteiger partial charge is 0.133 e. The average Bonchev–Trinajstić information content (AvgIpc) is 2.36. The molecule has 1 aromatic carbocycles. The van der Waals surface area contributed by atoms with Crippen LogP contribution in [0.2, 0.25) is 0 Å². The fraction of sp³-hybridized carbons (Fsp3) is 0.625. The molecule has 1 atom stereocenters. The minimum atomic E-state index is -0.913. The molecule has 0 aliphatic heterocycles. The summed E-state index contributed by atoms with van der Waals surface area (Å²) >= 11 is 6.03. The minimum Gasteiger partial charge on any atom is -0.207 e. The van der Waals surface area contributed by atoms with Crippen LogP contribution in [0.15, 0.2) is 12.1 Å². The van der Waals surface area contributed by atoms with E-state index in [0.29, 0.717) is 18.6 Å². The lowest BCUT2D eigenvalue weighted by molar-refractivity contribution is 0.508. The van der Waals surface area contributed by atoms with Crippen molar-refractivity contribution < 1.29 is 13.2 Å². The minimum absolute atomic E-state index is 0.209. The highest BCUT2D eigenvalue weighted by molar-refractivity contribution is 6.20. The summed E-state index contributed by atoms with van der Waals surface area (Å²) in [6.07, 6.45) is 8.37. The van der Waals surface area contributed by atoms with Gasteiger partial charge in [-0.3, -0.25) is 0 Å². The van der Waals surface area contributed by atoms with Gasteiger partial charge in [0, 0.05) is 17.7 Å². The predicted molar refractivity (Wildman–Crippen MR) is 77.5 cm³/mol. The molecule has 1 rings (SSSR count). The average molecular weight is 307 g/mol. The molecule has 0 aromatic heterocycles. The number of benzene rings is 1. The number of halogens is 4. The Morgan fingerprint density at radius 2 is 1.40 bits per heavy atom. The molecule has 1 unspecified atom stereocenters. The van der Waals surface area contributed by atoms with Crippen LogP contribution in [0.4, 0.5) is 13.2 Å². The van der Waals surface area contributed by atoms with Crippen LogP contribution in [0.25, 0.3) is 0 Å². The SMILES string of the molecule is CCCCCCCCCC(Cl)c1c(F)cc(F)cc1F. The van der Waals surface area contributed by atoms with E-state index in [9.17, 15) is 13.2 Å². The van der Waals surface area contributed by atoms with E-state index in [1.807, 2.05) is 0 Å². The van der Waals surface area contributed by atoms with Gasteiger partial charge in [0.1, 0.15) is 17.5 Å². The van der Waals surface area contributed by atoms with Gasteiger partial charge in [-0.2, -0.15) is 0 Å². The zero-order valence-electron chi connectivity index (χ0n) is 11.9. The van der Waals surface area contributed by atoms with Crippen molar-refractivity contribution in [3.63, 3.8) is 0 Å². The molecule has 4 heteroatoms. The lowest BCUT2D eigenvalue weighted by Crippen LogP contribution is -2.01. The van der Waals surface area contributed by atoms with Crippen LogP contribution in [-0.4, -0.2) is 0 Å². The zero-order chi connectivity index (χ0) is 15.0. The Morgan fingerprint density at radius 3 is 1.95 bits per heavy atom. The third-order valence-electron chi connectivity index (χ3n) is 3.42. The molecule has 114 valence electrons. The normalized spacial score (nSPS) is 12.7. The molecule has 0 radical (unpaired) electrons. The third-order valence-corrected chi connectivity index (χ3v) is 3.85. The predicted octanol–water partition coefficient (Wildman–Crippen LogP) is 6.52. The maximum atomic E-state index is 13.5. The summed E-state index contributed by atoms with van der Waals surface area (Å²) in [6, 6.07) is 1.36. The Hall–Kier alpha value is -0.700. The number of rotatable bonds is 9. The van der Waals surface area contributed by atoms with Gasteiger partial charge in [0.05, 0.1) is 5.38 Å². The van der Waals surface area contributed by atoms with Gasteiger partial charge in [-0.05, 0) is 6.42 Å². The second kappa shape index (κ2) is 9.28. The molecule has 0 nitrogen and oxygen atoms in total. The Balaban J connectivity index is 2.34. The van der Waals surface area contributed by atoms with E-state index in [4.69, 9.17) is 11.6 Å². The van der Waals surface area contributed by atoms with E-state index >= 15 is 0 Å². The molecule has 0 spiro atoms. The zero-order valence-corrected chi connectivity index (χ0v) is 12.7. The quantitative estimate of drug-likeness (QED) is 0.359. The summed E-state index contributed by atoms with van der Waals surface area (Å²) in [4.78, 5) is 0. The van der Waals surface area contributed by atoms with Gasteiger partial charge in [-0.1, -0.05) is 51.9 Å². The van der Waals surface area contributed by atoms with Gasteiger partial charge >= 0.3 is 0 Å². The third kappa shape index (κ3) is 5.74. The Bertz CT molecular complexity index is 384. The van der Waals surface area contributed by atoms with Crippen LogP contribution < -0.4 is 0 Å². The van der Waals surface area contributed by atoms with Crippen molar-refractivity contribution in [2.45, 2.75) is 63.7 Å². The van der Waals surface area contributed by atoms with Crippen molar-refractivity contribution in [2.24, 2.45) is 0 Å². The summed E-state index contributed by atoms with van der Waals surface area (Å²) < 4.78 is 39.8. The Morgan fingerprint density at radius 1 is 0.900 bits per heavy atom. The first-order valence-corrected chi connectivity index (χ1v) is 7.78. The van der Waals surface area contributed by atoms with Crippen LogP contribution in [0.1, 0.15) is 69.2 Å². The van der Waals surface area contributed by atoms with Crippen molar-refractivity contribution in [3.8, 4) is 0 Å².